The minimum absolute atomic E-state index is 0.0514. The van der Waals surface area contributed by atoms with E-state index in [2.05, 4.69) is 70.0 Å². The molecule has 0 aliphatic heterocycles. The van der Waals surface area contributed by atoms with Gasteiger partial charge in [0.1, 0.15) is 5.82 Å². The standard InChI is InChI=1S/C22H30N2O2/c1-14-18(20(25)26-8)9-10-19(23-14)24-17-12-15(21(2,3)4)11-16(13-17)22(5,6)7/h9-13H,1-8H3,(H,23,24). The number of ether oxygens (including phenoxy) is 1. The molecule has 1 N–H and O–H groups in total. The molecule has 0 amide bonds. The lowest BCUT2D eigenvalue weighted by Gasteiger charge is -2.26. The number of carbonyl (C=O) groups excluding carboxylic acids is 1. The molecule has 4 nitrogen and oxygen atoms in total. The number of anilines is 2. The van der Waals surface area contributed by atoms with Crippen LogP contribution in [0.1, 0.15) is 68.7 Å². The molecule has 1 heterocycles. The number of methoxy groups -OCH3 is 1. The number of aryl methyl sites for hydroxylation is 1. The topological polar surface area (TPSA) is 51.2 Å². The van der Waals surface area contributed by atoms with Gasteiger partial charge in [-0.05, 0) is 53.1 Å². The highest BCUT2D eigenvalue weighted by Crippen LogP contribution is 2.33. The van der Waals surface area contributed by atoms with E-state index in [9.17, 15) is 4.79 Å². The molecule has 0 saturated carbocycles. The molecule has 4 heteroatoms. The Hall–Kier alpha value is -2.36. The Morgan fingerprint density at radius 3 is 1.92 bits per heavy atom. The second-order valence-electron chi connectivity index (χ2n) is 8.75. The molecule has 0 spiro atoms. The van der Waals surface area contributed by atoms with Crippen molar-refractivity contribution in [3.05, 3.63) is 52.7 Å². The van der Waals surface area contributed by atoms with Crippen molar-refractivity contribution in [3.63, 3.8) is 0 Å². The predicted octanol–water partition coefficient (Wildman–Crippen LogP) is 5.52. The highest BCUT2D eigenvalue weighted by Gasteiger charge is 2.21. The average Bonchev–Trinajstić information content (AvgIpc) is 2.52. The Labute approximate surface area is 157 Å². The zero-order chi connectivity index (χ0) is 19.7. The van der Waals surface area contributed by atoms with Crippen LogP contribution in [0, 0.1) is 6.92 Å². The normalized spacial score (nSPS) is 12.0. The fourth-order valence-electron chi connectivity index (χ4n) is 2.67. The van der Waals surface area contributed by atoms with E-state index in [1.165, 1.54) is 18.2 Å². The van der Waals surface area contributed by atoms with Crippen LogP contribution in [0.4, 0.5) is 11.5 Å². The van der Waals surface area contributed by atoms with Crippen molar-refractivity contribution < 1.29 is 9.53 Å². The van der Waals surface area contributed by atoms with E-state index < -0.39 is 0 Å². The molecule has 140 valence electrons. The van der Waals surface area contributed by atoms with Crippen molar-refractivity contribution in [3.8, 4) is 0 Å². The summed E-state index contributed by atoms with van der Waals surface area (Å²) in [6.45, 7) is 15.1. The summed E-state index contributed by atoms with van der Waals surface area (Å²) in [6, 6.07) is 10.2. The molecule has 0 aliphatic rings. The lowest BCUT2D eigenvalue weighted by Crippen LogP contribution is -2.17. The number of nitrogens with one attached hydrogen (secondary N) is 1. The predicted molar refractivity (Wildman–Crippen MR) is 107 cm³/mol. The summed E-state index contributed by atoms with van der Waals surface area (Å²) in [5, 5.41) is 3.39. The third-order valence-corrected chi connectivity index (χ3v) is 4.43. The third kappa shape index (κ3) is 4.63. The van der Waals surface area contributed by atoms with Crippen molar-refractivity contribution in [2.75, 3.05) is 12.4 Å². The summed E-state index contributed by atoms with van der Waals surface area (Å²) in [5.41, 5.74) is 4.78. The molecule has 0 bridgehead atoms. The maximum absolute atomic E-state index is 11.7. The minimum Gasteiger partial charge on any atom is -0.465 e. The largest absolute Gasteiger partial charge is 0.465 e. The Morgan fingerprint density at radius 2 is 1.50 bits per heavy atom. The first kappa shape index (κ1) is 20.0. The first-order valence-electron chi connectivity index (χ1n) is 8.91. The summed E-state index contributed by atoms with van der Waals surface area (Å²) in [5.74, 6) is 0.340. The van der Waals surface area contributed by atoms with Gasteiger partial charge in [0.05, 0.1) is 18.4 Å². The van der Waals surface area contributed by atoms with Crippen molar-refractivity contribution in [1.29, 1.82) is 0 Å². The van der Waals surface area contributed by atoms with Gasteiger partial charge in [-0.15, -0.1) is 0 Å². The molecule has 0 radical (unpaired) electrons. The zero-order valence-electron chi connectivity index (χ0n) is 17.2. The quantitative estimate of drug-likeness (QED) is 0.738. The smallest absolute Gasteiger partial charge is 0.339 e. The van der Waals surface area contributed by atoms with Gasteiger partial charge >= 0.3 is 5.97 Å². The van der Waals surface area contributed by atoms with Crippen LogP contribution in [0.3, 0.4) is 0 Å². The highest BCUT2D eigenvalue weighted by molar-refractivity contribution is 5.90. The van der Waals surface area contributed by atoms with Crippen LogP contribution in [0.25, 0.3) is 0 Å². The lowest BCUT2D eigenvalue weighted by molar-refractivity contribution is 0.0599. The monoisotopic (exact) mass is 354 g/mol. The van der Waals surface area contributed by atoms with Gasteiger partial charge in [-0.1, -0.05) is 47.6 Å². The molecular weight excluding hydrogens is 324 g/mol. The molecular formula is C22H30N2O2. The summed E-state index contributed by atoms with van der Waals surface area (Å²) in [7, 11) is 1.37. The molecule has 2 aromatic rings. The first-order chi connectivity index (χ1) is 11.9. The van der Waals surface area contributed by atoms with E-state index >= 15 is 0 Å². The van der Waals surface area contributed by atoms with E-state index in [0.29, 0.717) is 17.1 Å². The fraction of sp³-hybridized carbons (Fsp3) is 0.455. The maximum Gasteiger partial charge on any atom is 0.339 e. The Morgan fingerprint density at radius 1 is 0.962 bits per heavy atom. The Bertz CT molecular complexity index is 780. The van der Waals surface area contributed by atoms with Crippen molar-refractivity contribution >= 4 is 17.5 Å². The Balaban J connectivity index is 2.43. The second-order valence-corrected chi connectivity index (χ2v) is 8.75. The maximum atomic E-state index is 11.7. The number of aromatic nitrogens is 1. The molecule has 2 rings (SSSR count). The highest BCUT2D eigenvalue weighted by atomic mass is 16.5. The van der Waals surface area contributed by atoms with Crippen molar-refractivity contribution in [2.45, 2.75) is 59.3 Å². The van der Waals surface area contributed by atoms with Gasteiger partial charge in [0.25, 0.3) is 0 Å². The Kier molecular flexibility index (Phi) is 5.45. The van der Waals surface area contributed by atoms with Gasteiger partial charge in [-0.3, -0.25) is 0 Å². The third-order valence-electron chi connectivity index (χ3n) is 4.43. The number of rotatable bonds is 3. The van der Waals surface area contributed by atoms with Gasteiger partial charge in [0.15, 0.2) is 0 Å². The fourth-order valence-corrected chi connectivity index (χ4v) is 2.67. The van der Waals surface area contributed by atoms with E-state index in [-0.39, 0.29) is 16.8 Å². The number of esters is 1. The van der Waals surface area contributed by atoms with Gasteiger partial charge in [0.2, 0.25) is 0 Å². The van der Waals surface area contributed by atoms with Crippen molar-refractivity contribution in [1.82, 2.24) is 4.98 Å². The van der Waals surface area contributed by atoms with Crippen LogP contribution in [-0.4, -0.2) is 18.1 Å². The number of pyridine rings is 1. The van der Waals surface area contributed by atoms with Crippen LogP contribution >= 0.6 is 0 Å². The molecule has 0 atom stereocenters. The second kappa shape index (κ2) is 7.10. The van der Waals surface area contributed by atoms with Crippen LogP contribution in [0.5, 0.6) is 0 Å². The number of carbonyl (C=O) groups is 1. The summed E-state index contributed by atoms with van der Waals surface area (Å²) in [4.78, 5) is 16.2. The number of benzene rings is 1. The van der Waals surface area contributed by atoms with E-state index in [4.69, 9.17) is 4.74 Å². The molecule has 0 saturated heterocycles. The van der Waals surface area contributed by atoms with Crippen molar-refractivity contribution in [2.24, 2.45) is 0 Å². The van der Waals surface area contributed by atoms with E-state index in [1.807, 2.05) is 6.92 Å². The van der Waals surface area contributed by atoms with Crippen LogP contribution in [-0.2, 0) is 15.6 Å². The van der Waals surface area contributed by atoms with Gasteiger partial charge in [0, 0.05) is 5.69 Å². The van der Waals surface area contributed by atoms with Gasteiger partial charge < -0.3 is 10.1 Å². The summed E-state index contributed by atoms with van der Waals surface area (Å²) >= 11 is 0. The lowest BCUT2D eigenvalue weighted by atomic mass is 9.80. The van der Waals surface area contributed by atoms with E-state index in [1.54, 1.807) is 12.1 Å². The molecule has 1 aromatic carbocycles. The molecule has 0 unspecified atom stereocenters. The van der Waals surface area contributed by atoms with Gasteiger partial charge in [-0.25, -0.2) is 9.78 Å². The molecule has 0 fully saturated rings. The summed E-state index contributed by atoms with van der Waals surface area (Å²) < 4.78 is 4.78. The average molecular weight is 354 g/mol. The van der Waals surface area contributed by atoms with E-state index in [0.717, 1.165) is 5.69 Å². The number of hydrogen-bond donors (Lipinski definition) is 1. The molecule has 1 aromatic heterocycles. The molecule has 26 heavy (non-hydrogen) atoms. The molecule has 0 aliphatic carbocycles. The number of hydrogen-bond acceptors (Lipinski definition) is 4. The van der Waals surface area contributed by atoms with Crippen LogP contribution in [0.15, 0.2) is 30.3 Å². The van der Waals surface area contributed by atoms with Crippen LogP contribution in [0.2, 0.25) is 0 Å². The minimum atomic E-state index is -0.369. The SMILES string of the molecule is COC(=O)c1ccc(Nc2cc(C(C)(C)C)cc(C(C)(C)C)c2)nc1C. The summed E-state index contributed by atoms with van der Waals surface area (Å²) in [6.07, 6.45) is 0. The number of nitrogens with zero attached hydrogens (tertiary/aromatic N) is 1. The zero-order valence-corrected chi connectivity index (χ0v) is 17.2. The van der Waals surface area contributed by atoms with Gasteiger partial charge in [-0.2, -0.15) is 0 Å². The first-order valence-corrected chi connectivity index (χ1v) is 8.91. The van der Waals surface area contributed by atoms with Crippen LogP contribution < -0.4 is 5.32 Å².